The molecule has 1 nitrogen and oxygen atoms in total. The van der Waals surface area contributed by atoms with Gasteiger partial charge in [0, 0.05) is 16.5 Å². The average molecular weight is 265 g/mol. The lowest BCUT2D eigenvalue weighted by Crippen LogP contribution is -2.25. The minimum absolute atomic E-state index is 0.327. The van der Waals surface area contributed by atoms with Gasteiger partial charge >= 0.3 is 0 Å². The van der Waals surface area contributed by atoms with Gasteiger partial charge in [0.15, 0.2) is 0 Å². The molecule has 102 valence electrons. The standard InChI is InChI=1S/C16H27NS/c1-7-17-15(11-18-16(4,5)6)14-9-8-12(2)13(3)10-14/h8-10,15,17H,7,11H2,1-6H3. The summed E-state index contributed by atoms with van der Waals surface area (Å²) in [6.45, 7) is 14.4. The molecule has 0 saturated heterocycles. The van der Waals surface area contributed by atoms with Crippen LogP contribution < -0.4 is 5.32 Å². The summed E-state index contributed by atoms with van der Waals surface area (Å²) in [5, 5.41) is 3.60. The second kappa shape index (κ2) is 6.63. The van der Waals surface area contributed by atoms with Crippen molar-refractivity contribution in [1.82, 2.24) is 5.32 Å². The van der Waals surface area contributed by atoms with E-state index in [1.54, 1.807) is 0 Å². The summed E-state index contributed by atoms with van der Waals surface area (Å²) in [6.07, 6.45) is 0. The summed E-state index contributed by atoms with van der Waals surface area (Å²) in [6, 6.07) is 7.28. The van der Waals surface area contributed by atoms with Gasteiger partial charge in [-0.25, -0.2) is 0 Å². The highest BCUT2D eigenvalue weighted by atomic mass is 32.2. The quantitative estimate of drug-likeness (QED) is 0.842. The van der Waals surface area contributed by atoms with E-state index in [0.29, 0.717) is 10.8 Å². The predicted molar refractivity (Wildman–Crippen MR) is 84.5 cm³/mol. The number of hydrogen-bond donors (Lipinski definition) is 1. The summed E-state index contributed by atoms with van der Waals surface area (Å²) in [5.74, 6) is 1.12. The van der Waals surface area contributed by atoms with E-state index in [1.165, 1.54) is 16.7 Å². The van der Waals surface area contributed by atoms with E-state index in [0.717, 1.165) is 12.3 Å². The number of thioether (sulfide) groups is 1. The monoisotopic (exact) mass is 265 g/mol. The van der Waals surface area contributed by atoms with E-state index in [2.05, 4.69) is 65.1 Å². The number of benzene rings is 1. The minimum Gasteiger partial charge on any atom is -0.310 e. The molecule has 0 aliphatic heterocycles. The van der Waals surface area contributed by atoms with Gasteiger partial charge in [-0.15, -0.1) is 0 Å². The maximum atomic E-state index is 3.60. The molecule has 0 spiro atoms. The van der Waals surface area contributed by atoms with Crippen LogP contribution in [0.5, 0.6) is 0 Å². The molecule has 2 heteroatoms. The normalized spacial score (nSPS) is 13.7. The second-order valence-corrected chi connectivity index (χ2v) is 7.72. The second-order valence-electron chi connectivity index (χ2n) is 5.88. The van der Waals surface area contributed by atoms with Gasteiger partial charge in [0.25, 0.3) is 0 Å². The van der Waals surface area contributed by atoms with Gasteiger partial charge in [-0.05, 0) is 37.1 Å². The fraction of sp³-hybridized carbons (Fsp3) is 0.625. The Morgan fingerprint density at radius 2 is 1.83 bits per heavy atom. The molecule has 1 aromatic rings. The zero-order chi connectivity index (χ0) is 13.8. The van der Waals surface area contributed by atoms with E-state index in [-0.39, 0.29) is 0 Å². The molecular weight excluding hydrogens is 238 g/mol. The van der Waals surface area contributed by atoms with Gasteiger partial charge in [-0.3, -0.25) is 0 Å². The Kier molecular flexibility index (Phi) is 5.74. The van der Waals surface area contributed by atoms with Crippen molar-refractivity contribution >= 4 is 11.8 Å². The fourth-order valence-corrected chi connectivity index (χ4v) is 2.81. The third-order valence-electron chi connectivity index (χ3n) is 3.07. The number of aryl methyl sites for hydroxylation is 2. The van der Waals surface area contributed by atoms with Crippen LogP contribution in [-0.4, -0.2) is 17.0 Å². The Labute approximate surface area is 117 Å². The van der Waals surface area contributed by atoms with Crippen LogP contribution in [0.3, 0.4) is 0 Å². The molecule has 0 saturated carbocycles. The molecule has 1 unspecified atom stereocenters. The molecule has 18 heavy (non-hydrogen) atoms. The van der Waals surface area contributed by atoms with E-state index < -0.39 is 0 Å². The topological polar surface area (TPSA) is 12.0 Å². The van der Waals surface area contributed by atoms with Gasteiger partial charge < -0.3 is 5.32 Å². The van der Waals surface area contributed by atoms with Crippen LogP contribution in [0.4, 0.5) is 0 Å². The van der Waals surface area contributed by atoms with Crippen molar-refractivity contribution in [3.63, 3.8) is 0 Å². The molecule has 1 N–H and O–H groups in total. The van der Waals surface area contributed by atoms with Gasteiger partial charge in [-0.2, -0.15) is 11.8 Å². The van der Waals surface area contributed by atoms with Crippen molar-refractivity contribution in [2.45, 2.75) is 52.3 Å². The summed E-state index contributed by atoms with van der Waals surface area (Å²) in [4.78, 5) is 0. The molecule has 0 heterocycles. The average Bonchev–Trinajstić information content (AvgIpc) is 2.27. The Hall–Kier alpha value is -0.470. The summed E-state index contributed by atoms with van der Waals surface area (Å²) >= 11 is 2.02. The fourth-order valence-electron chi connectivity index (χ4n) is 1.83. The van der Waals surface area contributed by atoms with Crippen LogP contribution in [0.1, 0.15) is 50.4 Å². The molecule has 0 amide bonds. The highest BCUT2D eigenvalue weighted by Gasteiger charge is 2.16. The van der Waals surface area contributed by atoms with Crippen LogP contribution in [-0.2, 0) is 0 Å². The molecule has 0 radical (unpaired) electrons. The summed E-state index contributed by atoms with van der Waals surface area (Å²) < 4.78 is 0.327. The first-order chi connectivity index (χ1) is 8.33. The van der Waals surface area contributed by atoms with Crippen LogP contribution in [0, 0.1) is 13.8 Å². The maximum Gasteiger partial charge on any atom is 0.0412 e. The minimum atomic E-state index is 0.327. The first-order valence-corrected chi connectivity index (χ1v) is 7.76. The van der Waals surface area contributed by atoms with E-state index >= 15 is 0 Å². The molecule has 0 aliphatic rings. The van der Waals surface area contributed by atoms with Gasteiger partial charge in [0.2, 0.25) is 0 Å². The molecule has 0 aromatic heterocycles. The largest absolute Gasteiger partial charge is 0.310 e. The van der Waals surface area contributed by atoms with Crippen LogP contribution >= 0.6 is 11.8 Å². The zero-order valence-corrected chi connectivity index (χ0v) is 13.4. The highest BCUT2D eigenvalue weighted by Crippen LogP contribution is 2.29. The van der Waals surface area contributed by atoms with Crippen LogP contribution in [0.25, 0.3) is 0 Å². The van der Waals surface area contributed by atoms with Crippen molar-refractivity contribution in [2.24, 2.45) is 0 Å². The molecule has 1 rings (SSSR count). The molecule has 0 fully saturated rings. The lowest BCUT2D eigenvalue weighted by Gasteiger charge is -2.24. The number of hydrogen-bond acceptors (Lipinski definition) is 2. The molecule has 0 bridgehead atoms. The summed E-state index contributed by atoms with van der Waals surface area (Å²) in [5.41, 5.74) is 4.17. The lowest BCUT2D eigenvalue weighted by atomic mass is 10.0. The SMILES string of the molecule is CCNC(CSC(C)(C)C)c1ccc(C)c(C)c1. The summed E-state index contributed by atoms with van der Waals surface area (Å²) in [7, 11) is 0. The third-order valence-corrected chi connectivity index (χ3v) is 4.43. The molecule has 1 aromatic carbocycles. The Morgan fingerprint density at radius 3 is 2.33 bits per heavy atom. The van der Waals surface area contributed by atoms with Gasteiger partial charge in [-0.1, -0.05) is 45.9 Å². The van der Waals surface area contributed by atoms with Crippen molar-refractivity contribution in [3.05, 3.63) is 34.9 Å². The highest BCUT2D eigenvalue weighted by molar-refractivity contribution is 8.00. The first kappa shape index (κ1) is 15.6. The van der Waals surface area contributed by atoms with Crippen LogP contribution in [0.15, 0.2) is 18.2 Å². The van der Waals surface area contributed by atoms with Crippen molar-refractivity contribution in [2.75, 3.05) is 12.3 Å². The Balaban J connectivity index is 2.80. The number of nitrogens with one attached hydrogen (secondary N) is 1. The van der Waals surface area contributed by atoms with Gasteiger partial charge in [0.1, 0.15) is 0 Å². The van der Waals surface area contributed by atoms with Crippen molar-refractivity contribution in [3.8, 4) is 0 Å². The van der Waals surface area contributed by atoms with E-state index in [9.17, 15) is 0 Å². The third kappa shape index (κ3) is 5.03. The molecule has 0 aliphatic carbocycles. The lowest BCUT2D eigenvalue weighted by molar-refractivity contribution is 0.602. The zero-order valence-electron chi connectivity index (χ0n) is 12.6. The first-order valence-electron chi connectivity index (χ1n) is 6.78. The Bertz CT molecular complexity index is 379. The maximum absolute atomic E-state index is 3.60. The van der Waals surface area contributed by atoms with E-state index in [4.69, 9.17) is 0 Å². The van der Waals surface area contributed by atoms with E-state index in [1.807, 2.05) is 11.8 Å². The molecular formula is C16H27NS. The van der Waals surface area contributed by atoms with Crippen molar-refractivity contribution < 1.29 is 0 Å². The van der Waals surface area contributed by atoms with Crippen LogP contribution in [0.2, 0.25) is 0 Å². The number of rotatable bonds is 5. The van der Waals surface area contributed by atoms with Crippen molar-refractivity contribution in [1.29, 1.82) is 0 Å². The smallest absolute Gasteiger partial charge is 0.0412 e. The molecule has 1 atom stereocenters. The predicted octanol–water partition coefficient (Wildman–Crippen LogP) is 4.49. The van der Waals surface area contributed by atoms with Gasteiger partial charge in [0.05, 0.1) is 0 Å². The Morgan fingerprint density at radius 1 is 1.17 bits per heavy atom.